The summed E-state index contributed by atoms with van der Waals surface area (Å²) in [6.07, 6.45) is 5.79. The Morgan fingerprint density at radius 3 is 2.96 bits per heavy atom. The van der Waals surface area contributed by atoms with Gasteiger partial charge in [0.2, 0.25) is 11.8 Å². The second-order valence-electron chi connectivity index (χ2n) is 7.49. The molecule has 3 aliphatic heterocycles. The molecular weight excluding hydrogens is 334 g/mol. The number of oxazole rings is 1. The number of carbonyl (C=O) groups excluding carboxylic acids is 2. The Labute approximate surface area is 153 Å². The number of carbonyl (C=O) groups is 2. The Morgan fingerprint density at radius 1 is 1.19 bits per heavy atom. The van der Waals surface area contributed by atoms with E-state index in [9.17, 15) is 9.59 Å². The van der Waals surface area contributed by atoms with E-state index in [1.165, 1.54) is 0 Å². The van der Waals surface area contributed by atoms with Gasteiger partial charge in [0.05, 0.1) is 19.1 Å². The summed E-state index contributed by atoms with van der Waals surface area (Å²) in [6, 6.07) is 0. The molecule has 1 aromatic heterocycles. The molecule has 26 heavy (non-hydrogen) atoms. The van der Waals surface area contributed by atoms with Gasteiger partial charge in [-0.15, -0.1) is 0 Å². The van der Waals surface area contributed by atoms with Crippen molar-refractivity contribution < 1.29 is 18.7 Å². The molecule has 4 rings (SSSR count). The SMILES string of the molecule is O=C1CCCCCN1CCC(=O)N1CCc2oc(C3CCOC3)nc2C1. The number of likely N-dealkylation sites (tertiary alicyclic amines) is 1. The van der Waals surface area contributed by atoms with Crippen molar-refractivity contribution >= 4 is 11.8 Å². The van der Waals surface area contributed by atoms with E-state index in [0.29, 0.717) is 45.5 Å². The van der Waals surface area contributed by atoms with E-state index in [4.69, 9.17) is 9.15 Å². The topological polar surface area (TPSA) is 75.9 Å². The number of aromatic nitrogens is 1. The third kappa shape index (κ3) is 3.77. The minimum atomic E-state index is 0.0986. The maximum atomic E-state index is 12.6. The van der Waals surface area contributed by atoms with Crippen molar-refractivity contribution in [2.45, 2.75) is 57.4 Å². The summed E-state index contributed by atoms with van der Waals surface area (Å²) >= 11 is 0. The smallest absolute Gasteiger partial charge is 0.224 e. The van der Waals surface area contributed by atoms with E-state index < -0.39 is 0 Å². The van der Waals surface area contributed by atoms with Crippen LogP contribution in [0, 0.1) is 0 Å². The van der Waals surface area contributed by atoms with Crippen molar-refractivity contribution in [1.82, 2.24) is 14.8 Å². The quantitative estimate of drug-likeness (QED) is 0.818. The second kappa shape index (κ2) is 7.78. The number of hydrogen-bond acceptors (Lipinski definition) is 5. The van der Waals surface area contributed by atoms with Crippen LogP contribution in [-0.4, -0.2) is 59.4 Å². The Morgan fingerprint density at radius 2 is 2.12 bits per heavy atom. The lowest BCUT2D eigenvalue weighted by Crippen LogP contribution is -2.39. The molecule has 1 atom stereocenters. The molecule has 1 aromatic rings. The third-order valence-electron chi connectivity index (χ3n) is 5.64. The van der Waals surface area contributed by atoms with Gasteiger partial charge >= 0.3 is 0 Å². The highest BCUT2D eigenvalue weighted by atomic mass is 16.5. The fourth-order valence-electron chi connectivity index (χ4n) is 4.00. The summed E-state index contributed by atoms with van der Waals surface area (Å²) in [4.78, 5) is 33.0. The molecule has 0 saturated carbocycles. The molecule has 2 saturated heterocycles. The first-order valence-electron chi connectivity index (χ1n) is 9.82. The highest BCUT2D eigenvalue weighted by molar-refractivity contribution is 5.79. The third-order valence-corrected chi connectivity index (χ3v) is 5.64. The lowest BCUT2D eigenvalue weighted by atomic mass is 10.1. The van der Waals surface area contributed by atoms with Gasteiger partial charge in [-0.3, -0.25) is 9.59 Å². The molecule has 3 aliphatic rings. The maximum absolute atomic E-state index is 12.6. The fourth-order valence-corrected chi connectivity index (χ4v) is 4.00. The van der Waals surface area contributed by atoms with Crippen LogP contribution < -0.4 is 0 Å². The van der Waals surface area contributed by atoms with Gasteiger partial charge < -0.3 is 19.0 Å². The molecule has 0 spiro atoms. The molecule has 0 N–H and O–H groups in total. The van der Waals surface area contributed by atoms with E-state index in [1.54, 1.807) is 0 Å². The zero-order valence-corrected chi connectivity index (χ0v) is 15.2. The monoisotopic (exact) mass is 361 g/mol. The minimum Gasteiger partial charge on any atom is -0.445 e. The van der Waals surface area contributed by atoms with Crippen LogP contribution in [0.1, 0.15) is 61.8 Å². The van der Waals surface area contributed by atoms with Crippen LogP contribution in [0.25, 0.3) is 0 Å². The summed E-state index contributed by atoms with van der Waals surface area (Å²) in [5.74, 6) is 2.21. The zero-order chi connectivity index (χ0) is 17.9. The molecule has 0 bridgehead atoms. The molecule has 2 amide bonds. The van der Waals surface area contributed by atoms with Crippen LogP contribution in [0.2, 0.25) is 0 Å². The first-order chi connectivity index (χ1) is 12.7. The number of hydrogen-bond donors (Lipinski definition) is 0. The summed E-state index contributed by atoms with van der Waals surface area (Å²) in [5, 5.41) is 0. The van der Waals surface area contributed by atoms with E-state index in [1.807, 2.05) is 9.80 Å². The second-order valence-corrected chi connectivity index (χ2v) is 7.49. The average molecular weight is 361 g/mol. The molecule has 0 radical (unpaired) electrons. The van der Waals surface area contributed by atoms with Crippen molar-refractivity contribution in [2.75, 3.05) is 32.8 Å². The Hall–Kier alpha value is -1.89. The van der Waals surface area contributed by atoms with E-state index in [-0.39, 0.29) is 17.7 Å². The number of amides is 2. The van der Waals surface area contributed by atoms with Gasteiger partial charge in [-0.25, -0.2) is 4.98 Å². The van der Waals surface area contributed by atoms with Crippen molar-refractivity contribution in [3.8, 4) is 0 Å². The first-order valence-corrected chi connectivity index (χ1v) is 9.82. The summed E-state index contributed by atoms with van der Waals surface area (Å²) in [7, 11) is 0. The molecule has 4 heterocycles. The molecule has 142 valence electrons. The lowest BCUT2D eigenvalue weighted by Gasteiger charge is -2.27. The lowest BCUT2D eigenvalue weighted by molar-refractivity contribution is -0.134. The predicted octanol–water partition coefficient (Wildman–Crippen LogP) is 1.86. The standard InChI is InChI=1S/C19H27N3O4/c23-17-4-2-1-3-8-21(17)10-6-18(24)22-9-5-16-15(12-22)20-19(26-16)14-7-11-25-13-14/h14H,1-13H2. The molecule has 2 fully saturated rings. The summed E-state index contributed by atoms with van der Waals surface area (Å²) < 4.78 is 11.3. The highest BCUT2D eigenvalue weighted by Gasteiger charge is 2.29. The van der Waals surface area contributed by atoms with Crippen LogP contribution in [0.4, 0.5) is 0 Å². The van der Waals surface area contributed by atoms with Crippen LogP contribution in [-0.2, 0) is 27.3 Å². The highest BCUT2D eigenvalue weighted by Crippen LogP contribution is 2.29. The Kier molecular flexibility index (Phi) is 5.24. The predicted molar refractivity (Wildman–Crippen MR) is 93.5 cm³/mol. The minimum absolute atomic E-state index is 0.0986. The van der Waals surface area contributed by atoms with Gasteiger partial charge in [0, 0.05) is 45.5 Å². The van der Waals surface area contributed by atoms with Gasteiger partial charge in [-0.05, 0) is 19.3 Å². The van der Waals surface area contributed by atoms with Crippen LogP contribution in [0.3, 0.4) is 0 Å². The molecule has 0 aliphatic carbocycles. The van der Waals surface area contributed by atoms with Gasteiger partial charge in [-0.2, -0.15) is 0 Å². The van der Waals surface area contributed by atoms with Gasteiger partial charge in [0.1, 0.15) is 11.5 Å². The van der Waals surface area contributed by atoms with Crippen molar-refractivity contribution in [3.63, 3.8) is 0 Å². The summed E-state index contributed by atoms with van der Waals surface area (Å²) in [5.41, 5.74) is 0.886. The van der Waals surface area contributed by atoms with Crippen molar-refractivity contribution in [1.29, 1.82) is 0 Å². The number of nitrogens with zero attached hydrogens (tertiary/aromatic N) is 3. The zero-order valence-electron chi connectivity index (χ0n) is 15.2. The number of fused-ring (bicyclic) bond motifs is 1. The number of ether oxygens (including phenoxy) is 1. The molecule has 7 nitrogen and oxygen atoms in total. The average Bonchev–Trinajstić information content (AvgIpc) is 3.27. The van der Waals surface area contributed by atoms with E-state index >= 15 is 0 Å². The number of rotatable bonds is 4. The van der Waals surface area contributed by atoms with Crippen LogP contribution >= 0.6 is 0 Å². The Balaban J connectivity index is 1.32. The largest absolute Gasteiger partial charge is 0.445 e. The molecule has 0 aromatic carbocycles. The fraction of sp³-hybridized carbons (Fsp3) is 0.737. The molecule has 7 heteroatoms. The van der Waals surface area contributed by atoms with Crippen molar-refractivity contribution in [3.05, 3.63) is 17.3 Å². The Bertz CT molecular complexity index is 666. The van der Waals surface area contributed by atoms with Gasteiger partial charge in [-0.1, -0.05) is 6.42 Å². The normalized spacial score (nSPS) is 23.8. The van der Waals surface area contributed by atoms with Crippen LogP contribution in [0.5, 0.6) is 0 Å². The van der Waals surface area contributed by atoms with E-state index in [2.05, 4.69) is 4.98 Å². The molecule has 1 unspecified atom stereocenters. The molecular formula is C19H27N3O4. The van der Waals surface area contributed by atoms with Gasteiger partial charge in [0.25, 0.3) is 0 Å². The van der Waals surface area contributed by atoms with E-state index in [0.717, 1.165) is 56.2 Å². The van der Waals surface area contributed by atoms with Gasteiger partial charge in [0.15, 0.2) is 5.89 Å². The van der Waals surface area contributed by atoms with Crippen LogP contribution in [0.15, 0.2) is 4.42 Å². The van der Waals surface area contributed by atoms with Crippen molar-refractivity contribution in [2.24, 2.45) is 0 Å². The maximum Gasteiger partial charge on any atom is 0.224 e. The summed E-state index contributed by atoms with van der Waals surface area (Å²) in [6.45, 7) is 3.93. The first kappa shape index (κ1) is 17.5.